The van der Waals surface area contributed by atoms with Gasteiger partial charge in [0.2, 0.25) is 23.6 Å². The van der Waals surface area contributed by atoms with Crippen LogP contribution in [0.2, 0.25) is 5.02 Å². The van der Waals surface area contributed by atoms with Crippen LogP contribution in [0.15, 0.2) is 64.3 Å². The second-order valence-electron chi connectivity index (χ2n) is 17.9. The van der Waals surface area contributed by atoms with E-state index in [1.807, 2.05) is 87.7 Å². The highest BCUT2D eigenvalue weighted by molar-refractivity contribution is 7.15. The third-order valence-electron chi connectivity index (χ3n) is 11.8. The Morgan fingerprint density at radius 2 is 1.66 bits per heavy atom. The number of rotatable bonds is 18. The highest BCUT2D eigenvalue weighted by atomic mass is 35.5. The van der Waals surface area contributed by atoms with Crippen molar-refractivity contribution in [2.45, 2.75) is 98.5 Å². The van der Waals surface area contributed by atoms with Crippen molar-refractivity contribution >= 4 is 52.3 Å². The number of carbonyl (C=O) groups is 4. The van der Waals surface area contributed by atoms with Gasteiger partial charge in [-0.25, -0.2) is 4.98 Å². The van der Waals surface area contributed by atoms with Crippen molar-refractivity contribution in [3.8, 4) is 16.3 Å². The third kappa shape index (κ3) is 11.7. The molecule has 0 spiro atoms. The Balaban J connectivity index is 0.832. The summed E-state index contributed by atoms with van der Waals surface area (Å²) in [7, 11) is 0. The van der Waals surface area contributed by atoms with E-state index in [1.165, 1.54) is 11.3 Å². The fourth-order valence-electron chi connectivity index (χ4n) is 8.16. The van der Waals surface area contributed by atoms with Crippen molar-refractivity contribution in [1.29, 1.82) is 0 Å². The normalized spacial score (nSPS) is 17.3. The molecule has 3 aromatic heterocycles. The van der Waals surface area contributed by atoms with Crippen molar-refractivity contribution in [3.63, 3.8) is 0 Å². The fourth-order valence-corrected chi connectivity index (χ4v) is 9.50. The van der Waals surface area contributed by atoms with Crippen LogP contribution in [0.25, 0.3) is 16.3 Å². The van der Waals surface area contributed by atoms with E-state index in [4.69, 9.17) is 30.5 Å². The maximum Gasteiger partial charge on any atom is 0.246 e. The lowest BCUT2D eigenvalue weighted by atomic mass is 9.85. The van der Waals surface area contributed by atoms with Gasteiger partial charge in [-0.1, -0.05) is 68.8 Å². The lowest BCUT2D eigenvalue weighted by Gasteiger charge is -2.35. The Morgan fingerprint density at radius 3 is 2.36 bits per heavy atom. The SMILES string of the molecule is Cc1ncoc1-c1ccc(CNC(=O)[C@@H]2C[C@@H](O)CN2C(=O)C(NC(=O)COCCCOCCNC(=O)C[C@@H]2N=C(c3ccc(Cl)cc3)c3c(sc(C)c3C)-n3c(C)nnc32)C(C)(C)C)cc1. The summed E-state index contributed by atoms with van der Waals surface area (Å²) < 4.78 is 18.8. The zero-order valence-corrected chi connectivity index (χ0v) is 40.4. The number of likely N-dealkylation sites (tertiary alicyclic amines) is 1. The first kappa shape index (κ1) is 49.1. The molecule has 2 aliphatic rings. The first-order valence-corrected chi connectivity index (χ1v) is 23.5. The molecule has 5 heterocycles. The molecular formula is C48H58ClN9O8S. The van der Waals surface area contributed by atoms with E-state index in [2.05, 4.69) is 45.0 Å². The smallest absolute Gasteiger partial charge is 0.246 e. The molecule has 7 rings (SSSR count). The van der Waals surface area contributed by atoms with Gasteiger partial charge >= 0.3 is 0 Å². The van der Waals surface area contributed by atoms with Gasteiger partial charge in [0, 0.05) is 65.9 Å². The second-order valence-corrected chi connectivity index (χ2v) is 19.6. The number of aryl methyl sites for hydroxylation is 3. The number of nitrogens with zero attached hydrogens (tertiary/aromatic N) is 6. The third-order valence-corrected chi connectivity index (χ3v) is 13.3. The summed E-state index contributed by atoms with van der Waals surface area (Å²) >= 11 is 7.88. The molecule has 4 N–H and O–H groups in total. The number of nitrogens with one attached hydrogen (secondary N) is 3. The Kier molecular flexibility index (Phi) is 15.7. The summed E-state index contributed by atoms with van der Waals surface area (Å²) in [5.41, 5.74) is 5.52. The number of thiophene rings is 1. The molecule has 0 radical (unpaired) electrons. The average Bonchev–Trinajstić information content (AvgIpc) is 4.06. The van der Waals surface area contributed by atoms with Gasteiger partial charge in [0.05, 0.1) is 30.5 Å². The minimum absolute atomic E-state index is 0.0362. The summed E-state index contributed by atoms with van der Waals surface area (Å²) in [5.74, 6) is 0.418. The Morgan fingerprint density at radius 1 is 0.940 bits per heavy atom. The number of oxazole rings is 1. The van der Waals surface area contributed by atoms with Crippen molar-refractivity contribution in [3.05, 3.63) is 104 Å². The predicted molar refractivity (Wildman–Crippen MR) is 253 cm³/mol. The van der Waals surface area contributed by atoms with Gasteiger partial charge in [0.25, 0.3) is 0 Å². The van der Waals surface area contributed by atoms with E-state index in [1.54, 1.807) is 11.3 Å². The van der Waals surface area contributed by atoms with E-state index in [0.29, 0.717) is 35.5 Å². The molecule has 4 atom stereocenters. The van der Waals surface area contributed by atoms with Crippen molar-refractivity contribution in [1.82, 2.24) is 40.6 Å². The number of halogens is 1. The maximum atomic E-state index is 14.0. The van der Waals surface area contributed by atoms with Crippen LogP contribution in [-0.2, 0) is 35.2 Å². The number of amides is 4. The monoisotopic (exact) mass is 955 g/mol. The number of aliphatic imine (C=N–C) groups is 1. The molecule has 0 bridgehead atoms. The van der Waals surface area contributed by atoms with Gasteiger partial charge < -0.3 is 39.8 Å². The van der Waals surface area contributed by atoms with Crippen molar-refractivity contribution in [2.24, 2.45) is 10.4 Å². The number of carbonyl (C=O) groups excluding carboxylic acids is 4. The van der Waals surface area contributed by atoms with Gasteiger partial charge in [-0.15, -0.1) is 21.5 Å². The molecule has 1 fully saturated rings. The van der Waals surface area contributed by atoms with E-state index in [-0.39, 0.29) is 58.2 Å². The van der Waals surface area contributed by atoms with E-state index in [0.717, 1.165) is 49.1 Å². The van der Waals surface area contributed by atoms with Crippen LogP contribution in [0.3, 0.4) is 0 Å². The molecular weight excluding hydrogens is 898 g/mol. The van der Waals surface area contributed by atoms with Crippen LogP contribution < -0.4 is 16.0 Å². The molecule has 2 aliphatic heterocycles. The highest BCUT2D eigenvalue weighted by Gasteiger charge is 2.44. The Labute approximate surface area is 398 Å². The van der Waals surface area contributed by atoms with Crippen LogP contribution >= 0.6 is 22.9 Å². The van der Waals surface area contributed by atoms with E-state index >= 15 is 0 Å². The number of ether oxygens (including phenoxy) is 2. The van der Waals surface area contributed by atoms with Crippen molar-refractivity contribution < 1.29 is 38.2 Å². The number of benzene rings is 2. The first-order valence-electron chi connectivity index (χ1n) is 22.3. The van der Waals surface area contributed by atoms with E-state index in [9.17, 15) is 24.3 Å². The number of aromatic nitrogens is 4. The summed E-state index contributed by atoms with van der Waals surface area (Å²) in [6, 6.07) is 12.6. The number of aliphatic hydroxyl groups excluding tert-OH is 1. The first-order chi connectivity index (χ1) is 32.0. The number of fused-ring (bicyclic) bond motifs is 3. The minimum atomic E-state index is -0.987. The number of hydrogen-bond acceptors (Lipinski definition) is 13. The van der Waals surface area contributed by atoms with Crippen LogP contribution in [-0.4, -0.2) is 117 Å². The molecule has 0 aliphatic carbocycles. The quantitative estimate of drug-likeness (QED) is 0.0805. The van der Waals surface area contributed by atoms with Gasteiger partial charge in [0.1, 0.15) is 35.6 Å². The average molecular weight is 957 g/mol. The van der Waals surface area contributed by atoms with Crippen LogP contribution in [0.1, 0.15) is 90.5 Å². The zero-order chi connectivity index (χ0) is 48.0. The summed E-state index contributed by atoms with van der Waals surface area (Å²) in [6.45, 7) is 14.3. The molecule has 4 amide bonds. The summed E-state index contributed by atoms with van der Waals surface area (Å²) in [5, 5.41) is 29.6. The van der Waals surface area contributed by atoms with E-state index < -0.39 is 47.4 Å². The summed E-state index contributed by atoms with van der Waals surface area (Å²) in [4.78, 5) is 65.6. The van der Waals surface area contributed by atoms with Crippen molar-refractivity contribution in [2.75, 3.05) is 39.5 Å². The lowest BCUT2D eigenvalue weighted by Crippen LogP contribution is -2.58. The molecule has 67 heavy (non-hydrogen) atoms. The molecule has 17 nitrogen and oxygen atoms in total. The molecule has 19 heteroatoms. The maximum absolute atomic E-state index is 14.0. The largest absolute Gasteiger partial charge is 0.443 e. The Hall–Kier alpha value is -5.79. The molecule has 2 aromatic carbocycles. The number of β-amino-alcohol motifs (C(OH)–C–C–N with tert-alkyl or cyclic N) is 1. The van der Waals surface area contributed by atoms with Gasteiger partial charge in [0.15, 0.2) is 18.0 Å². The molecule has 356 valence electrons. The predicted octanol–water partition coefficient (Wildman–Crippen LogP) is 5.50. The second kappa shape index (κ2) is 21.4. The molecule has 5 aromatic rings. The van der Waals surface area contributed by atoms with Gasteiger partial charge in [-0.05, 0) is 62.8 Å². The molecule has 1 unspecified atom stereocenters. The molecule has 0 saturated carbocycles. The van der Waals surface area contributed by atoms with Crippen LogP contribution in [0.5, 0.6) is 0 Å². The molecule has 1 saturated heterocycles. The number of hydrogen-bond donors (Lipinski definition) is 4. The van der Waals surface area contributed by atoms with Crippen LogP contribution in [0.4, 0.5) is 0 Å². The van der Waals surface area contributed by atoms with Crippen LogP contribution in [0, 0.1) is 33.1 Å². The van der Waals surface area contributed by atoms with Gasteiger partial charge in [-0.3, -0.25) is 28.7 Å². The Bertz CT molecular complexity index is 2600. The van der Waals surface area contributed by atoms with Gasteiger partial charge in [-0.2, -0.15) is 0 Å². The fraction of sp³-hybridized carbons (Fsp3) is 0.458. The zero-order valence-electron chi connectivity index (χ0n) is 38.9. The minimum Gasteiger partial charge on any atom is -0.443 e. The highest BCUT2D eigenvalue weighted by Crippen LogP contribution is 2.39. The lowest BCUT2D eigenvalue weighted by molar-refractivity contribution is -0.144. The summed E-state index contributed by atoms with van der Waals surface area (Å²) in [6.07, 6.45) is 1.12. The standard InChI is InChI=1S/C48H58ClN9O8S/c1-27-29(3)67-47-40(27)41(32-13-15-34(49)16-14-32)53-36(44-56-55-30(4)58(44)47)22-38(60)50-17-20-64-18-8-19-65-25-39(61)54-43(48(5,6)7)46(63)57-24-35(59)21-37(57)45(62)51-23-31-9-11-33(12-10-31)42-28(2)52-26-66-42/h9-16,26,35-37,43,59H,8,17-25H2,1-7H3,(H,50,60)(H,51,62)(H,54,61)/t35-,36+,37+,43?/m1/s1. The number of aliphatic hydroxyl groups is 1. The topological polar surface area (TPSA) is 215 Å².